The number of phenolic OH excluding ortho intramolecular Hbond substituents is 7. The summed E-state index contributed by atoms with van der Waals surface area (Å²) in [6, 6.07) is 12.4. The van der Waals surface area contributed by atoms with Crippen molar-refractivity contribution in [2.75, 3.05) is 0 Å². The van der Waals surface area contributed by atoms with E-state index in [1.807, 2.05) is 0 Å². The molecule has 0 spiro atoms. The SMILES string of the molecule is Oc1ccc2c(c1)[C@H]1C[C@@](c3cc(O)c(O)c(O)c3)(O2)Oc2cc(O)c3c(c21)O[C@@H](c1ccc(O)c(O)c1)[C@H](O)C3. The van der Waals surface area contributed by atoms with Crippen molar-refractivity contribution >= 4 is 0 Å². The molecule has 0 saturated carbocycles. The van der Waals surface area contributed by atoms with Gasteiger partial charge in [0.15, 0.2) is 28.7 Å². The predicted molar refractivity (Wildman–Crippen MR) is 140 cm³/mol. The van der Waals surface area contributed by atoms with Crippen LogP contribution < -0.4 is 14.2 Å². The maximum absolute atomic E-state index is 11.0. The normalized spacial score (nSPS) is 23.7. The van der Waals surface area contributed by atoms with Crippen LogP contribution in [-0.4, -0.2) is 47.0 Å². The zero-order valence-electron chi connectivity index (χ0n) is 21.1. The van der Waals surface area contributed by atoms with E-state index in [4.69, 9.17) is 14.2 Å². The molecule has 0 saturated heterocycles. The molecule has 210 valence electrons. The molecule has 0 aromatic heterocycles. The zero-order chi connectivity index (χ0) is 28.8. The lowest BCUT2D eigenvalue weighted by atomic mass is 9.76. The summed E-state index contributed by atoms with van der Waals surface area (Å²) in [4.78, 5) is 0. The second-order valence-electron chi connectivity index (χ2n) is 10.5. The third kappa shape index (κ3) is 3.62. The van der Waals surface area contributed by atoms with E-state index < -0.39 is 41.2 Å². The lowest BCUT2D eigenvalue weighted by Gasteiger charge is -2.47. The highest BCUT2D eigenvalue weighted by Crippen LogP contribution is 2.61. The molecule has 7 rings (SSSR count). The summed E-state index contributed by atoms with van der Waals surface area (Å²) in [6.45, 7) is 0. The summed E-state index contributed by atoms with van der Waals surface area (Å²) in [7, 11) is 0. The van der Waals surface area contributed by atoms with Gasteiger partial charge >= 0.3 is 0 Å². The number of hydrogen-bond donors (Lipinski definition) is 8. The Morgan fingerprint density at radius 1 is 0.707 bits per heavy atom. The van der Waals surface area contributed by atoms with Gasteiger partial charge in [0.2, 0.25) is 0 Å². The largest absolute Gasteiger partial charge is 0.508 e. The van der Waals surface area contributed by atoms with Gasteiger partial charge in [-0.15, -0.1) is 0 Å². The van der Waals surface area contributed by atoms with E-state index in [2.05, 4.69) is 0 Å². The minimum absolute atomic E-state index is 0.00170. The quantitative estimate of drug-likeness (QED) is 0.166. The Kier molecular flexibility index (Phi) is 5.10. The van der Waals surface area contributed by atoms with Crippen molar-refractivity contribution < 1.29 is 55.1 Å². The maximum Gasteiger partial charge on any atom is 0.279 e. The Hall–Kier alpha value is -5.16. The number of phenols is 7. The van der Waals surface area contributed by atoms with Gasteiger partial charge in [-0.1, -0.05) is 6.07 Å². The van der Waals surface area contributed by atoms with Gasteiger partial charge in [-0.2, -0.15) is 0 Å². The summed E-state index contributed by atoms with van der Waals surface area (Å²) in [5, 5.41) is 82.6. The van der Waals surface area contributed by atoms with Crippen molar-refractivity contribution in [1.82, 2.24) is 0 Å². The monoisotopic (exact) mass is 560 g/mol. The van der Waals surface area contributed by atoms with E-state index in [1.165, 1.54) is 48.5 Å². The Labute approximate surface area is 231 Å². The first-order valence-corrected chi connectivity index (χ1v) is 12.8. The third-order valence-electron chi connectivity index (χ3n) is 7.95. The van der Waals surface area contributed by atoms with Gasteiger partial charge in [-0.05, 0) is 48.0 Å². The lowest BCUT2D eigenvalue weighted by Crippen LogP contribution is -2.47. The Morgan fingerprint density at radius 2 is 1.44 bits per heavy atom. The van der Waals surface area contributed by atoms with Gasteiger partial charge in [0.05, 0.1) is 6.10 Å². The molecule has 3 aliphatic rings. The number of aromatic hydroxyl groups is 7. The number of hydrogen-bond acceptors (Lipinski definition) is 11. The molecule has 4 atom stereocenters. The third-order valence-corrected chi connectivity index (χ3v) is 7.95. The van der Waals surface area contributed by atoms with Crippen LogP contribution in [0.15, 0.2) is 54.6 Å². The molecule has 0 radical (unpaired) electrons. The van der Waals surface area contributed by atoms with Crippen molar-refractivity contribution in [3.63, 3.8) is 0 Å². The van der Waals surface area contributed by atoms with Crippen molar-refractivity contribution in [2.45, 2.75) is 36.8 Å². The molecule has 0 amide bonds. The first kappa shape index (κ1) is 24.9. The Morgan fingerprint density at radius 3 is 2.17 bits per heavy atom. The summed E-state index contributed by atoms with van der Waals surface area (Å²) in [6.07, 6.45) is -2.00. The number of rotatable bonds is 2. The molecular formula is C30H24O11. The molecular weight excluding hydrogens is 536 g/mol. The fourth-order valence-electron chi connectivity index (χ4n) is 6.01. The van der Waals surface area contributed by atoms with Crippen LogP contribution in [-0.2, 0) is 12.2 Å². The first-order valence-electron chi connectivity index (χ1n) is 12.8. The highest BCUT2D eigenvalue weighted by molar-refractivity contribution is 5.65. The molecule has 41 heavy (non-hydrogen) atoms. The van der Waals surface area contributed by atoms with E-state index >= 15 is 0 Å². The molecule has 4 aromatic carbocycles. The van der Waals surface area contributed by atoms with Gasteiger partial charge in [0.25, 0.3) is 5.79 Å². The van der Waals surface area contributed by atoms with Crippen molar-refractivity contribution in [2.24, 2.45) is 0 Å². The number of fused-ring (bicyclic) bond motifs is 8. The van der Waals surface area contributed by atoms with E-state index in [0.29, 0.717) is 28.0 Å². The van der Waals surface area contributed by atoms with Crippen LogP contribution in [0.2, 0.25) is 0 Å². The molecule has 0 fully saturated rings. The molecule has 0 aliphatic carbocycles. The second-order valence-corrected chi connectivity index (χ2v) is 10.5. The summed E-state index contributed by atoms with van der Waals surface area (Å²) in [5.74, 6) is -4.28. The first-order chi connectivity index (χ1) is 19.5. The van der Waals surface area contributed by atoms with E-state index in [9.17, 15) is 40.9 Å². The molecule has 3 heterocycles. The fourth-order valence-corrected chi connectivity index (χ4v) is 6.01. The van der Waals surface area contributed by atoms with E-state index in [-0.39, 0.29) is 52.9 Å². The highest BCUT2D eigenvalue weighted by Gasteiger charge is 2.52. The van der Waals surface area contributed by atoms with Gasteiger partial charge in [-0.3, -0.25) is 0 Å². The standard InChI is InChI=1S/C30H24O11/c31-14-2-4-24-15(8-14)17-11-30(40-24,13-6-21(35)27(38)22(36)7-13)41-25-10-19(33)16-9-23(37)28(39-29(16)26(17)25)12-1-3-18(32)20(34)5-12/h1-8,10,17,23,28,31-38H,9,11H2/t17-,23-,28+,30-/m1/s1. The molecule has 2 bridgehead atoms. The van der Waals surface area contributed by atoms with Crippen LogP contribution in [0.3, 0.4) is 0 Å². The van der Waals surface area contributed by atoms with Crippen LogP contribution in [0, 0.1) is 0 Å². The Bertz CT molecular complexity index is 1730. The maximum atomic E-state index is 11.0. The van der Waals surface area contributed by atoms with Crippen LogP contribution in [0.4, 0.5) is 0 Å². The number of ether oxygens (including phenoxy) is 3. The average Bonchev–Trinajstić information content (AvgIpc) is 2.93. The van der Waals surface area contributed by atoms with Crippen LogP contribution >= 0.6 is 0 Å². The van der Waals surface area contributed by atoms with Crippen LogP contribution in [0.1, 0.15) is 46.3 Å². The second kappa shape index (κ2) is 8.42. The average molecular weight is 561 g/mol. The van der Waals surface area contributed by atoms with Crippen molar-refractivity contribution in [3.8, 4) is 57.5 Å². The van der Waals surface area contributed by atoms with Crippen molar-refractivity contribution in [3.05, 3.63) is 82.4 Å². The summed E-state index contributed by atoms with van der Waals surface area (Å²) < 4.78 is 19.0. The minimum atomic E-state index is -1.62. The van der Waals surface area contributed by atoms with Crippen molar-refractivity contribution in [1.29, 1.82) is 0 Å². The molecule has 8 N–H and O–H groups in total. The predicted octanol–water partition coefficient (Wildman–Crippen LogP) is 3.82. The summed E-state index contributed by atoms with van der Waals surface area (Å²) in [5.41, 5.74) is 2.00. The van der Waals surface area contributed by atoms with Gasteiger partial charge in [0, 0.05) is 47.1 Å². The van der Waals surface area contributed by atoms with E-state index in [1.54, 1.807) is 6.07 Å². The fraction of sp³-hybridized carbons (Fsp3) is 0.200. The van der Waals surface area contributed by atoms with E-state index in [0.717, 1.165) is 0 Å². The van der Waals surface area contributed by atoms with Gasteiger partial charge in [-0.25, -0.2) is 0 Å². The molecule has 11 nitrogen and oxygen atoms in total. The molecule has 3 aliphatic heterocycles. The topological polar surface area (TPSA) is 190 Å². The Balaban J connectivity index is 1.43. The molecule has 0 unspecified atom stereocenters. The summed E-state index contributed by atoms with van der Waals surface area (Å²) >= 11 is 0. The zero-order valence-corrected chi connectivity index (χ0v) is 21.1. The lowest BCUT2D eigenvalue weighted by molar-refractivity contribution is -0.149. The molecule has 4 aromatic rings. The smallest absolute Gasteiger partial charge is 0.279 e. The number of aliphatic hydroxyl groups is 1. The van der Waals surface area contributed by atoms with Gasteiger partial charge < -0.3 is 55.1 Å². The number of benzene rings is 4. The molecule has 11 heteroatoms. The van der Waals surface area contributed by atoms with Crippen LogP contribution in [0.25, 0.3) is 0 Å². The van der Waals surface area contributed by atoms with Crippen LogP contribution in [0.5, 0.6) is 57.5 Å². The highest BCUT2D eigenvalue weighted by atomic mass is 16.7. The number of aliphatic hydroxyl groups excluding tert-OH is 1. The minimum Gasteiger partial charge on any atom is -0.508 e. The van der Waals surface area contributed by atoms with Gasteiger partial charge in [0.1, 0.15) is 34.9 Å².